The lowest BCUT2D eigenvalue weighted by Gasteiger charge is -2.17. The lowest BCUT2D eigenvalue weighted by atomic mass is 10.1. The van der Waals surface area contributed by atoms with E-state index in [2.05, 4.69) is 19.9 Å². The van der Waals surface area contributed by atoms with Gasteiger partial charge in [0.25, 0.3) is 0 Å². The Balaban J connectivity index is 1.65. The lowest BCUT2D eigenvalue weighted by molar-refractivity contribution is -0.0511. The van der Waals surface area contributed by atoms with Crippen molar-refractivity contribution >= 4 is 22.9 Å². The molecule has 4 atom stereocenters. The number of aliphatic hydroxyl groups excluding tert-OH is 3. The van der Waals surface area contributed by atoms with Crippen LogP contribution in [0.3, 0.4) is 0 Å². The van der Waals surface area contributed by atoms with Gasteiger partial charge in [-0.15, -0.1) is 11.8 Å². The molecule has 2 saturated heterocycles. The Morgan fingerprint density at radius 2 is 2.12 bits per heavy atom. The maximum atomic E-state index is 10.2. The zero-order valence-corrected chi connectivity index (χ0v) is 13.7. The standard InChI is InChI=1S/C14H19N5O4S/c20-4-9-11(21)12(22)14(23-9)19-6-17-10-8(15-5-16-13(10)19)3-18-1-2-24-7-18/h5-6,9,11-12,14,20-22H,1-4,7H2/t9-,11-,12-,14-/m1/s1. The molecule has 3 N–H and O–H groups in total. The largest absolute Gasteiger partial charge is 0.394 e. The van der Waals surface area contributed by atoms with E-state index in [4.69, 9.17) is 4.74 Å². The van der Waals surface area contributed by atoms with Crippen LogP contribution in [0.2, 0.25) is 0 Å². The van der Waals surface area contributed by atoms with Gasteiger partial charge in [0, 0.05) is 24.7 Å². The van der Waals surface area contributed by atoms with Gasteiger partial charge < -0.3 is 20.1 Å². The first kappa shape index (κ1) is 16.2. The Kier molecular flexibility index (Phi) is 4.41. The summed E-state index contributed by atoms with van der Waals surface area (Å²) in [7, 11) is 0. The van der Waals surface area contributed by atoms with Gasteiger partial charge in [0.1, 0.15) is 30.2 Å². The average molecular weight is 353 g/mol. The van der Waals surface area contributed by atoms with Crippen molar-refractivity contribution in [3.63, 3.8) is 0 Å². The molecule has 24 heavy (non-hydrogen) atoms. The summed E-state index contributed by atoms with van der Waals surface area (Å²) < 4.78 is 7.15. The molecule has 0 saturated carbocycles. The fourth-order valence-electron chi connectivity index (χ4n) is 3.10. The molecule has 2 aliphatic rings. The third-order valence-electron chi connectivity index (χ3n) is 4.42. The second kappa shape index (κ2) is 6.54. The van der Waals surface area contributed by atoms with Crippen LogP contribution in [0.1, 0.15) is 11.9 Å². The van der Waals surface area contributed by atoms with E-state index in [0.717, 1.165) is 23.9 Å². The highest BCUT2D eigenvalue weighted by Crippen LogP contribution is 2.31. The molecule has 0 bridgehead atoms. The number of thioether (sulfide) groups is 1. The highest BCUT2D eigenvalue weighted by Gasteiger charge is 2.44. The van der Waals surface area contributed by atoms with Gasteiger partial charge in [-0.1, -0.05) is 0 Å². The first-order chi connectivity index (χ1) is 11.7. The van der Waals surface area contributed by atoms with Crippen LogP contribution >= 0.6 is 11.8 Å². The molecule has 0 aromatic carbocycles. The van der Waals surface area contributed by atoms with E-state index in [-0.39, 0.29) is 6.61 Å². The summed E-state index contributed by atoms with van der Waals surface area (Å²) in [6, 6.07) is 0. The predicted octanol–water partition coefficient (Wildman–Crippen LogP) is -1.06. The van der Waals surface area contributed by atoms with E-state index in [1.54, 1.807) is 4.57 Å². The number of imidazole rings is 1. The van der Waals surface area contributed by atoms with Crippen LogP contribution in [0, 0.1) is 0 Å². The SMILES string of the molecule is OC[C@H]1O[C@@H](n2cnc3c(CN4CCSC4)ncnc32)[C@H](O)[C@@H]1O. The Hall–Kier alpha value is -1.30. The number of fused-ring (bicyclic) bond motifs is 1. The molecule has 2 aliphatic heterocycles. The van der Waals surface area contributed by atoms with Gasteiger partial charge in [0.15, 0.2) is 11.9 Å². The Labute approximate surface area is 142 Å². The fraction of sp³-hybridized carbons (Fsp3) is 0.643. The van der Waals surface area contributed by atoms with Crippen LogP contribution in [0.4, 0.5) is 0 Å². The van der Waals surface area contributed by atoms with Crippen LogP contribution in [-0.2, 0) is 11.3 Å². The van der Waals surface area contributed by atoms with Crippen LogP contribution in [-0.4, -0.2) is 82.8 Å². The van der Waals surface area contributed by atoms with Gasteiger partial charge in [-0.3, -0.25) is 9.47 Å². The van der Waals surface area contributed by atoms with Crippen molar-refractivity contribution in [2.75, 3.05) is 24.8 Å². The lowest BCUT2D eigenvalue weighted by Crippen LogP contribution is -2.33. The van der Waals surface area contributed by atoms with Crippen LogP contribution in [0.15, 0.2) is 12.7 Å². The Bertz CT molecular complexity index is 722. The van der Waals surface area contributed by atoms with E-state index >= 15 is 0 Å². The fourth-order valence-corrected chi connectivity index (χ4v) is 4.10. The Morgan fingerprint density at radius 1 is 1.25 bits per heavy atom. The van der Waals surface area contributed by atoms with Crippen molar-refractivity contribution in [2.24, 2.45) is 0 Å². The first-order valence-electron chi connectivity index (χ1n) is 7.78. The smallest absolute Gasteiger partial charge is 0.165 e. The van der Waals surface area contributed by atoms with Crippen molar-refractivity contribution in [1.29, 1.82) is 0 Å². The number of aliphatic hydroxyl groups is 3. The minimum atomic E-state index is -1.16. The molecule has 4 heterocycles. The average Bonchev–Trinajstić information content (AvgIpc) is 3.30. The van der Waals surface area contributed by atoms with Crippen molar-refractivity contribution in [3.05, 3.63) is 18.3 Å². The number of aromatic nitrogens is 4. The van der Waals surface area contributed by atoms with Crippen molar-refractivity contribution in [2.45, 2.75) is 31.1 Å². The van der Waals surface area contributed by atoms with Gasteiger partial charge in [0.05, 0.1) is 18.6 Å². The van der Waals surface area contributed by atoms with Gasteiger partial charge in [-0.2, -0.15) is 0 Å². The van der Waals surface area contributed by atoms with Gasteiger partial charge in [-0.25, -0.2) is 15.0 Å². The molecule has 4 rings (SSSR count). The van der Waals surface area contributed by atoms with Crippen molar-refractivity contribution < 1.29 is 20.1 Å². The highest BCUT2D eigenvalue weighted by atomic mass is 32.2. The summed E-state index contributed by atoms with van der Waals surface area (Å²) in [4.78, 5) is 15.3. The zero-order valence-electron chi connectivity index (χ0n) is 12.9. The molecule has 2 aromatic heterocycles. The third-order valence-corrected chi connectivity index (χ3v) is 5.44. The first-order valence-corrected chi connectivity index (χ1v) is 8.93. The van der Waals surface area contributed by atoms with Crippen molar-refractivity contribution in [1.82, 2.24) is 24.4 Å². The summed E-state index contributed by atoms with van der Waals surface area (Å²) in [6.45, 7) is 1.35. The number of hydrogen-bond acceptors (Lipinski definition) is 9. The van der Waals surface area contributed by atoms with E-state index in [1.165, 1.54) is 12.7 Å². The molecule has 0 spiro atoms. The molecular weight excluding hydrogens is 334 g/mol. The molecule has 2 aromatic rings. The normalized spacial score (nSPS) is 31.3. The van der Waals surface area contributed by atoms with Gasteiger partial charge in [0.2, 0.25) is 0 Å². The molecule has 0 radical (unpaired) electrons. The minimum Gasteiger partial charge on any atom is -0.394 e. The second-order valence-electron chi connectivity index (χ2n) is 5.96. The quantitative estimate of drug-likeness (QED) is 0.632. The summed E-state index contributed by atoms with van der Waals surface area (Å²) in [5.74, 6) is 2.09. The van der Waals surface area contributed by atoms with Gasteiger partial charge >= 0.3 is 0 Å². The molecule has 130 valence electrons. The minimum absolute atomic E-state index is 0.367. The maximum Gasteiger partial charge on any atom is 0.165 e. The monoisotopic (exact) mass is 353 g/mol. The molecule has 0 unspecified atom stereocenters. The third kappa shape index (κ3) is 2.68. The van der Waals surface area contributed by atoms with Crippen LogP contribution in [0.5, 0.6) is 0 Å². The Morgan fingerprint density at radius 3 is 2.83 bits per heavy atom. The summed E-state index contributed by atoms with van der Waals surface area (Å²) in [5, 5.41) is 29.4. The number of rotatable bonds is 4. The zero-order chi connectivity index (χ0) is 16.7. The summed E-state index contributed by atoms with van der Waals surface area (Å²) in [6.07, 6.45) is -0.978. The number of nitrogens with zero attached hydrogens (tertiary/aromatic N) is 5. The van der Waals surface area contributed by atoms with E-state index in [0.29, 0.717) is 17.7 Å². The molecule has 9 nitrogen and oxygen atoms in total. The van der Waals surface area contributed by atoms with E-state index in [9.17, 15) is 15.3 Å². The van der Waals surface area contributed by atoms with Crippen LogP contribution < -0.4 is 0 Å². The predicted molar refractivity (Wildman–Crippen MR) is 86.1 cm³/mol. The van der Waals surface area contributed by atoms with E-state index < -0.39 is 24.5 Å². The molecule has 0 aliphatic carbocycles. The second-order valence-corrected chi connectivity index (χ2v) is 7.04. The van der Waals surface area contributed by atoms with Crippen LogP contribution in [0.25, 0.3) is 11.2 Å². The summed E-state index contributed by atoms with van der Waals surface area (Å²) >= 11 is 1.89. The number of ether oxygens (including phenoxy) is 1. The maximum absolute atomic E-state index is 10.2. The topological polar surface area (TPSA) is 117 Å². The summed E-state index contributed by atoms with van der Waals surface area (Å²) in [5.41, 5.74) is 2.03. The van der Waals surface area contributed by atoms with E-state index in [1.807, 2.05) is 11.8 Å². The van der Waals surface area contributed by atoms with Gasteiger partial charge in [-0.05, 0) is 0 Å². The van der Waals surface area contributed by atoms with Crippen molar-refractivity contribution in [3.8, 4) is 0 Å². The molecule has 10 heteroatoms. The number of hydrogen-bond donors (Lipinski definition) is 3. The molecule has 0 amide bonds. The molecule has 2 fully saturated rings. The highest BCUT2D eigenvalue weighted by molar-refractivity contribution is 7.99. The molecular formula is C14H19N5O4S.